The summed E-state index contributed by atoms with van der Waals surface area (Å²) in [5, 5.41) is 1.51. The molecule has 0 amide bonds. The SMILES string of the molecule is C/N=C\C(C)(C)S(=O)(=O)CC(C)(N)c1ccc2sc3ccc(OCC(F)(F)F)cc3c2c1. The Labute approximate surface area is 189 Å². The van der Waals surface area contributed by atoms with Crippen LogP contribution in [0, 0.1) is 0 Å². The van der Waals surface area contributed by atoms with E-state index in [-0.39, 0.29) is 11.5 Å². The normalized spacial score (nSPS) is 15.5. The summed E-state index contributed by atoms with van der Waals surface area (Å²) in [7, 11) is -2.12. The zero-order valence-electron chi connectivity index (χ0n) is 18.2. The Balaban J connectivity index is 2.01. The molecule has 0 fully saturated rings. The largest absolute Gasteiger partial charge is 0.484 e. The third-order valence-corrected chi connectivity index (χ3v) is 9.07. The minimum atomic E-state index is -4.43. The van der Waals surface area contributed by atoms with Gasteiger partial charge in [-0.1, -0.05) is 6.07 Å². The Morgan fingerprint density at radius 1 is 1.06 bits per heavy atom. The second-order valence-corrected chi connectivity index (χ2v) is 12.2. The van der Waals surface area contributed by atoms with Crippen LogP contribution in [-0.4, -0.2) is 45.0 Å². The van der Waals surface area contributed by atoms with Crippen molar-refractivity contribution in [1.82, 2.24) is 0 Å². The quantitative estimate of drug-likeness (QED) is 0.473. The Hall–Kier alpha value is -2.17. The molecule has 0 aliphatic carbocycles. The number of sulfone groups is 1. The minimum absolute atomic E-state index is 0.110. The summed E-state index contributed by atoms with van der Waals surface area (Å²) >= 11 is 1.48. The maximum absolute atomic E-state index is 13.0. The molecule has 2 aromatic carbocycles. The summed E-state index contributed by atoms with van der Waals surface area (Å²) in [5.74, 6) is -0.189. The van der Waals surface area contributed by atoms with Crippen molar-refractivity contribution in [2.24, 2.45) is 10.7 Å². The lowest BCUT2D eigenvalue weighted by molar-refractivity contribution is -0.153. The number of alkyl halides is 3. The van der Waals surface area contributed by atoms with Crippen molar-refractivity contribution in [3.63, 3.8) is 0 Å². The third-order valence-electron chi connectivity index (χ3n) is 5.23. The average molecular weight is 487 g/mol. The van der Waals surface area contributed by atoms with Crippen molar-refractivity contribution in [2.45, 2.75) is 37.2 Å². The van der Waals surface area contributed by atoms with Crippen molar-refractivity contribution in [3.8, 4) is 5.75 Å². The molecule has 0 saturated carbocycles. The van der Waals surface area contributed by atoms with Crippen molar-refractivity contribution in [1.29, 1.82) is 0 Å². The fraction of sp³-hybridized carbons (Fsp3) is 0.409. The van der Waals surface area contributed by atoms with Gasteiger partial charge in [-0.25, -0.2) is 8.42 Å². The van der Waals surface area contributed by atoms with Gasteiger partial charge in [-0.2, -0.15) is 13.2 Å². The molecule has 1 atom stereocenters. The second kappa shape index (κ2) is 8.31. The van der Waals surface area contributed by atoms with Gasteiger partial charge in [-0.05, 0) is 56.7 Å². The van der Waals surface area contributed by atoms with Crippen LogP contribution in [0.4, 0.5) is 13.2 Å². The average Bonchev–Trinajstić information content (AvgIpc) is 3.02. The molecule has 3 rings (SSSR count). The van der Waals surface area contributed by atoms with Crippen LogP contribution >= 0.6 is 11.3 Å². The highest BCUT2D eigenvalue weighted by Crippen LogP contribution is 2.38. The Bertz CT molecular complexity index is 1280. The van der Waals surface area contributed by atoms with Gasteiger partial charge in [0, 0.05) is 33.4 Å². The van der Waals surface area contributed by atoms with E-state index in [0.29, 0.717) is 5.56 Å². The molecule has 0 aliphatic rings. The van der Waals surface area contributed by atoms with Gasteiger partial charge >= 0.3 is 6.18 Å². The van der Waals surface area contributed by atoms with Crippen molar-refractivity contribution < 1.29 is 26.3 Å². The maximum atomic E-state index is 13.0. The highest BCUT2D eigenvalue weighted by molar-refractivity contribution is 7.93. The van der Waals surface area contributed by atoms with Gasteiger partial charge in [0.15, 0.2) is 16.4 Å². The lowest BCUT2D eigenvalue weighted by Gasteiger charge is -2.29. The van der Waals surface area contributed by atoms with Gasteiger partial charge in [0.1, 0.15) is 10.5 Å². The second-order valence-electron chi connectivity index (χ2n) is 8.54. The van der Waals surface area contributed by atoms with Crippen molar-refractivity contribution in [3.05, 3.63) is 42.0 Å². The number of hydrogen-bond donors (Lipinski definition) is 1. The van der Waals surface area contributed by atoms with Crippen molar-refractivity contribution in [2.75, 3.05) is 19.4 Å². The third kappa shape index (κ3) is 5.07. The number of rotatable bonds is 7. The molecular formula is C22H25F3N2O3S2. The minimum Gasteiger partial charge on any atom is -0.484 e. The smallest absolute Gasteiger partial charge is 0.422 e. The zero-order valence-corrected chi connectivity index (χ0v) is 19.8. The van der Waals surface area contributed by atoms with Crippen LogP contribution in [0.25, 0.3) is 20.2 Å². The van der Waals surface area contributed by atoms with Gasteiger partial charge in [-0.3, -0.25) is 4.99 Å². The molecule has 0 spiro atoms. The molecule has 0 bridgehead atoms. The Morgan fingerprint density at radius 2 is 1.66 bits per heavy atom. The van der Waals surface area contributed by atoms with Gasteiger partial charge in [0.05, 0.1) is 11.3 Å². The van der Waals surface area contributed by atoms with Gasteiger partial charge in [0.2, 0.25) is 0 Å². The van der Waals surface area contributed by atoms with Gasteiger partial charge in [-0.15, -0.1) is 11.3 Å². The van der Waals surface area contributed by atoms with E-state index in [1.165, 1.54) is 30.7 Å². The van der Waals surface area contributed by atoms with Gasteiger partial charge in [0.25, 0.3) is 0 Å². The van der Waals surface area contributed by atoms with Gasteiger partial charge < -0.3 is 10.5 Å². The number of fused-ring (bicyclic) bond motifs is 3. The van der Waals surface area contributed by atoms with Crippen molar-refractivity contribution >= 4 is 47.6 Å². The zero-order chi connectivity index (χ0) is 23.9. The predicted octanol–water partition coefficient (Wildman–Crippen LogP) is 5.06. The molecule has 32 heavy (non-hydrogen) atoms. The highest BCUT2D eigenvalue weighted by Gasteiger charge is 2.38. The van der Waals surface area contributed by atoms with E-state index in [0.717, 1.165) is 20.2 Å². The van der Waals surface area contributed by atoms with E-state index in [1.807, 2.05) is 6.07 Å². The van der Waals surface area contributed by atoms with Crippen LogP contribution in [0.2, 0.25) is 0 Å². The number of hydrogen-bond acceptors (Lipinski definition) is 6. The highest BCUT2D eigenvalue weighted by atomic mass is 32.2. The first-order valence-corrected chi connectivity index (χ1v) is 12.2. The molecule has 1 unspecified atom stereocenters. The monoisotopic (exact) mass is 486 g/mol. The molecule has 0 saturated heterocycles. The standard InChI is InChI=1S/C22H25F3N2O3S2/c1-20(2,11-27-4)32(28,29)13-21(3,26)14-5-7-18-16(9-14)17-10-15(6-8-19(17)31-18)30-12-22(23,24)25/h5-11H,12-13,26H2,1-4H3/b27-11-. The van der Waals surface area contributed by atoms with E-state index in [1.54, 1.807) is 45.0 Å². The fourth-order valence-electron chi connectivity index (χ4n) is 3.42. The molecule has 3 aromatic rings. The Kier molecular flexibility index (Phi) is 6.36. The molecule has 5 nitrogen and oxygen atoms in total. The first-order chi connectivity index (χ1) is 14.7. The van der Waals surface area contributed by atoms with Crippen LogP contribution in [0.3, 0.4) is 0 Å². The van der Waals surface area contributed by atoms with E-state index < -0.39 is 32.9 Å². The molecule has 1 heterocycles. The molecule has 10 heteroatoms. The summed E-state index contributed by atoms with van der Waals surface area (Å²) < 4.78 is 69.0. The fourth-order valence-corrected chi connectivity index (χ4v) is 6.08. The number of nitrogens with two attached hydrogens (primary N) is 1. The number of benzene rings is 2. The Morgan fingerprint density at radius 3 is 2.25 bits per heavy atom. The molecular weight excluding hydrogens is 461 g/mol. The summed E-state index contributed by atoms with van der Waals surface area (Å²) in [6, 6.07) is 10.2. The lowest BCUT2D eigenvalue weighted by atomic mass is 9.94. The van der Waals surface area contributed by atoms with Crippen LogP contribution in [0.5, 0.6) is 5.75 Å². The first kappa shape index (κ1) is 24.5. The summed E-state index contributed by atoms with van der Waals surface area (Å²) in [6.07, 6.45) is -3.04. The predicted molar refractivity (Wildman–Crippen MR) is 125 cm³/mol. The van der Waals surface area contributed by atoms with Crippen LogP contribution < -0.4 is 10.5 Å². The molecule has 0 aliphatic heterocycles. The number of ether oxygens (including phenoxy) is 1. The number of thiophene rings is 1. The van der Waals surface area contributed by atoms with E-state index in [2.05, 4.69) is 4.99 Å². The molecule has 0 radical (unpaired) electrons. The van der Waals surface area contributed by atoms with Crippen LogP contribution in [-0.2, 0) is 15.4 Å². The van der Waals surface area contributed by atoms with E-state index in [4.69, 9.17) is 10.5 Å². The molecule has 174 valence electrons. The number of aliphatic imine (C=N–C) groups is 1. The molecule has 1 aromatic heterocycles. The number of halogens is 3. The molecule has 2 N–H and O–H groups in total. The first-order valence-electron chi connectivity index (χ1n) is 9.76. The van der Waals surface area contributed by atoms with Crippen LogP contribution in [0.15, 0.2) is 41.4 Å². The lowest BCUT2D eigenvalue weighted by Crippen LogP contribution is -2.47. The van der Waals surface area contributed by atoms with Crippen LogP contribution in [0.1, 0.15) is 26.3 Å². The summed E-state index contributed by atoms with van der Waals surface area (Å²) in [5.41, 5.74) is 5.90. The topological polar surface area (TPSA) is 81.8 Å². The van der Waals surface area contributed by atoms with E-state index >= 15 is 0 Å². The maximum Gasteiger partial charge on any atom is 0.422 e. The van der Waals surface area contributed by atoms with E-state index in [9.17, 15) is 21.6 Å². The number of nitrogens with zero attached hydrogens (tertiary/aromatic N) is 1. The summed E-state index contributed by atoms with van der Waals surface area (Å²) in [4.78, 5) is 3.86. The summed E-state index contributed by atoms with van der Waals surface area (Å²) in [6.45, 7) is 3.42.